The Morgan fingerprint density at radius 1 is 1.33 bits per heavy atom. The second kappa shape index (κ2) is 5.85. The van der Waals surface area contributed by atoms with E-state index in [0.29, 0.717) is 6.04 Å². The first kappa shape index (κ1) is 14.1. The summed E-state index contributed by atoms with van der Waals surface area (Å²) in [7, 11) is 0. The fourth-order valence-corrected chi connectivity index (χ4v) is 2.79. The van der Waals surface area contributed by atoms with Gasteiger partial charge in [0.25, 0.3) is 0 Å². The van der Waals surface area contributed by atoms with E-state index in [1.165, 1.54) is 16.7 Å². The first-order chi connectivity index (χ1) is 10.1. The Hall–Kier alpha value is -1.88. The van der Waals surface area contributed by atoms with Gasteiger partial charge in [0, 0.05) is 32.1 Å². The summed E-state index contributed by atoms with van der Waals surface area (Å²) in [6.07, 6.45) is 0.808. The number of nitrogens with zero attached hydrogens (tertiary/aromatic N) is 3. The van der Waals surface area contributed by atoms with Crippen molar-refractivity contribution >= 4 is 5.95 Å². The van der Waals surface area contributed by atoms with Gasteiger partial charge >= 0.3 is 0 Å². The Kier molecular flexibility index (Phi) is 3.92. The standard InChI is InChI=1S/C16H23N5/c1-11-4-5-12(2)14(8-11)9-15-18-16(20-19-15)21-7-6-17-13(3)10-21/h4-5,8,13,17H,6-7,9-10H2,1-3H3,(H,18,19,20). The Morgan fingerprint density at radius 2 is 2.19 bits per heavy atom. The van der Waals surface area contributed by atoms with Crippen LogP contribution < -0.4 is 10.2 Å². The van der Waals surface area contributed by atoms with Crippen LogP contribution in [0.25, 0.3) is 0 Å². The van der Waals surface area contributed by atoms with Crippen LogP contribution in [0.2, 0.25) is 0 Å². The molecule has 0 spiro atoms. The molecule has 112 valence electrons. The van der Waals surface area contributed by atoms with Gasteiger partial charge in [0.1, 0.15) is 5.82 Å². The predicted molar refractivity (Wildman–Crippen MR) is 84.8 cm³/mol. The summed E-state index contributed by atoms with van der Waals surface area (Å²) in [5.41, 5.74) is 3.90. The van der Waals surface area contributed by atoms with Crippen LogP contribution in [-0.4, -0.2) is 40.9 Å². The Morgan fingerprint density at radius 3 is 3.00 bits per heavy atom. The second-order valence-electron chi connectivity index (χ2n) is 5.99. The molecule has 5 heteroatoms. The van der Waals surface area contributed by atoms with Crippen molar-refractivity contribution in [2.75, 3.05) is 24.5 Å². The summed E-state index contributed by atoms with van der Waals surface area (Å²) in [5.74, 6) is 1.76. The molecule has 1 aromatic heterocycles. The molecular formula is C16H23N5. The maximum atomic E-state index is 4.67. The molecule has 1 aliphatic rings. The zero-order chi connectivity index (χ0) is 14.8. The Balaban J connectivity index is 1.74. The monoisotopic (exact) mass is 285 g/mol. The molecule has 1 fully saturated rings. The number of aromatic amines is 1. The topological polar surface area (TPSA) is 56.8 Å². The van der Waals surface area contributed by atoms with Gasteiger partial charge in [0.15, 0.2) is 0 Å². The molecule has 3 rings (SSSR count). The van der Waals surface area contributed by atoms with Crippen LogP contribution in [0.3, 0.4) is 0 Å². The van der Waals surface area contributed by atoms with E-state index in [9.17, 15) is 0 Å². The predicted octanol–water partition coefficient (Wildman–Crippen LogP) is 1.81. The van der Waals surface area contributed by atoms with Gasteiger partial charge in [-0.25, -0.2) is 0 Å². The van der Waals surface area contributed by atoms with Gasteiger partial charge in [-0.05, 0) is 31.9 Å². The van der Waals surface area contributed by atoms with Crippen LogP contribution in [0.5, 0.6) is 0 Å². The molecule has 0 bridgehead atoms. The van der Waals surface area contributed by atoms with Gasteiger partial charge in [-0.15, -0.1) is 5.10 Å². The van der Waals surface area contributed by atoms with E-state index < -0.39 is 0 Å². The van der Waals surface area contributed by atoms with Crippen molar-refractivity contribution in [2.24, 2.45) is 0 Å². The zero-order valence-electron chi connectivity index (χ0n) is 13.0. The van der Waals surface area contributed by atoms with E-state index in [1.807, 2.05) is 0 Å². The minimum Gasteiger partial charge on any atom is -0.337 e. The molecule has 0 amide bonds. The first-order valence-corrected chi connectivity index (χ1v) is 7.57. The number of H-pyrrole nitrogens is 1. The Labute approximate surface area is 125 Å². The maximum absolute atomic E-state index is 4.67. The average molecular weight is 285 g/mol. The molecule has 2 heterocycles. The lowest BCUT2D eigenvalue weighted by Crippen LogP contribution is -2.49. The third kappa shape index (κ3) is 3.24. The SMILES string of the molecule is Cc1ccc(C)c(Cc2nc(N3CCNC(C)C3)n[nH]2)c1. The smallest absolute Gasteiger partial charge is 0.244 e. The van der Waals surface area contributed by atoms with E-state index in [4.69, 9.17) is 0 Å². The van der Waals surface area contributed by atoms with Crippen LogP contribution in [0.15, 0.2) is 18.2 Å². The summed E-state index contributed by atoms with van der Waals surface area (Å²) < 4.78 is 0. The van der Waals surface area contributed by atoms with Gasteiger partial charge in [0.05, 0.1) is 0 Å². The van der Waals surface area contributed by atoms with Crippen LogP contribution in [0, 0.1) is 13.8 Å². The van der Waals surface area contributed by atoms with Crippen molar-refractivity contribution in [3.05, 3.63) is 40.7 Å². The number of piperazine rings is 1. The van der Waals surface area contributed by atoms with E-state index in [2.05, 4.69) is 64.4 Å². The molecule has 1 aliphatic heterocycles. The van der Waals surface area contributed by atoms with Crippen molar-refractivity contribution < 1.29 is 0 Å². The fraction of sp³-hybridized carbons (Fsp3) is 0.500. The average Bonchev–Trinajstić information content (AvgIpc) is 2.91. The van der Waals surface area contributed by atoms with Crippen LogP contribution >= 0.6 is 0 Å². The summed E-state index contributed by atoms with van der Waals surface area (Å²) in [6.45, 7) is 9.37. The van der Waals surface area contributed by atoms with Crippen molar-refractivity contribution in [2.45, 2.75) is 33.2 Å². The minimum atomic E-state index is 0.486. The van der Waals surface area contributed by atoms with Crippen LogP contribution in [0.1, 0.15) is 29.4 Å². The van der Waals surface area contributed by atoms with E-state index in [-0.39, 0.29) is 0 Å². The third-order valence-electron chi connectivity index (χ3n) is 4.03. The maximum Gasteiger partial charge on any atom is 0.244 e. The number of benzene rings is 1. The number of hydrogen-bond acceptors (Lipinski definition) is 4. The molecule has 1 saturated heterocycles. The van der Waals surface area contributed by atoms with Gasteiger partial charge in [0.2, 0.25) is 5.95 Å². The molecule has 0 saturated carbocycles. The largest absolute Gasteiger partial charge is 0.337 e. The van der Waals surface area contributed by atoms with Crippen LogP contribution in [0.4, 0.5) is 5.95 Å². The quantitative estimate of drug-likeness (QED) is 0.903. The lowest BCUT2D eigenvalue weighted by Gasteiger charge is -2.30. The lowest BCUT2D eigenvalue weighted by atomic mass is 10.0. The zero-order valence-corrected chi connectivity index (χ0v) is 13.0. The van der Waals surface area contributed by atoms with Crippen molar-refractivity contribution in [3.8, 4) is 0 Å². The number of rotatable bonds is 3. The summed E-state index contributed by atoms with van der Waals surface area (Å²) in [6, 6.07) is 7.02. The molecule has 5 nitrogen and oxygen atoms in total. The van der Waals surface area contributed by atoms with Gasteiger partial charge in [-0.1, -0.05) is 23.8 Å². The van der Waals surface area contributed by atoms with Crippen molar-refractivity contribution in [1.82, 2.24) is 20.5 Å². The highest BCUT2D eigenvalue weighted by Crippen LogP contribution is 2.16. The molecule has 2 aromatic rings. The second-order valence-corrected chi connectivity index (χ2v) is 5.99. The number of aromatic nitrogens is 3. The molecule has 1 aromatic carbocycles. The number of aryl methyl sites for hydroxylation is 2. The number of nitrogens with one attached hydrogen (secondary N) is 2. The van der Waals surface area contributed by atoms with E-state index >= 15 is 0 Å². The van der Waals surface area contributed by atoms with Crippen LogP contribution in [-0.2, 0) is 6.42 Å². The summed E-state index contributed by atoms with van der Waals surface area (Å²) >= 11 is 0. The highest BCUT2D eigenvalue weighted by molar-refractivity contribution is 5.35. The van der Waals surface area contributed by atoms with E-state index in [1.54, 1.807) is 0 Å². The number of anilines is 1. The minimum absolute atomic E-state index is 0.486. The molecule has 0 radical (unpaired) electrons. The van der Waals surface area contributed by atoms with Gasteiger partial charge in [-0.2, -0.15) is 4.98 Å². The molecule has 0 aliphatic carbocycles. The third-order valence-corrected chi connectivity index (χ3v) is 4.03. The van der Waals surface area contributed by atoms with Gasteiger partial charge in [-0.3, -0.25) is 5.10 Å². The highest BCUT2D eigenvalue weighted by Gasteiger charge is 2.19. The van der Waals surface area contributed by atoms with Crippen molar-refractivity contribution in [3.63, 3.8) is 0 Å². The molecule has 2 N–H and O–H groups in total. The normalized spacial score (nSPS) is 19.0. The number of hydrogen-bond donors (Lipinski definition) is 2. The molecule has 1 unspecified atom stereocenters. The molecule has 21 heavy (non-hydrogen) atoms. The summed E-state index contributed by atoms with van der Waals surface area (Å²) in [4.78, 5) is 6.91. The van der Waals surface area contributed by atoms with Gasteiger partial charge < -0.3 is 10.2 Å². The van der Waals surface area contributed by atoms with E-state index in [0.717, 1.165) is 37.8 Å². The summed E-state index contributed by atoms with van der Waals surface area (Å²) in [5, 5.41) is 10.9. The van der Waals surface area contributed by atoms with Crippen molar-refractivity contribution in [1.29, 1.82) is 0 Å². The molecular weight excluding hydrogens is 262 g/mol. The molecule has 1 atom stereocenters. The Bertz CT molecular complexity index is 619. The lowest BCUT2D eigenvalue weighted by molar-refractivity contribution is 0.480. The first-order valence-electron chi connectivity index (χ1n) is 7.57. The fourth-order valence-electron chi connectivity index (χ4n) is 2.79. The highest BCUT2D eigenvalue weighted by atomic mass is 15.4.